The lowest BCUT2D eigenvalue weighted by Crippen LogP contribution is -2.17. The Morgan fingerprint density at radius 2 is 2.50 bits per heavy atom. The fourth-order valence-corrected chi connectivity index (χ4v) is 0.902. The van der Waals surface area contributed by atoms with Gasteiger partial charge in [-0.2, -0.15) is 0 Å². The van der Waals surface area contributed by atoms with E-state index in [0.29, 0.717) is 0 Å². The summed E-state index contributed by atoms with van der Waals surface area (Å²) in [5.74, 6) is 0. The zero-order valence-electron chi connectivity index (χ0n) is 6.41. The van der Waals surface area contributed by atoms with Crippen molar-refractivity contribution in [1.29, 1.82) is 0 Å². The maximum atomic E-state index is 5.58. The number of nitrogens with zero attached hydrogens (tertiary/aromatic N) is 2. The van der Waals surface area contributed by atoms with Crippen molar-refractivity contribution in [3.8, 4) is 0 Å². The Morgan fingerprint density at radius 1 is 1.80 bits per heavy atom. The summed E-state index contributed by atoms with van der Waals surface area (Å²) >= 11 is 0. The van der Waals surface area contributed by atoms with Gasteiger partial charge in [0.2, 0.25) is 0 Å². The zero-order valence-corrected chi connectivity index (χ0v) is 6.41. The number of nitrogens with two attached hydrogens (primary N) is 1. The summed E-state index contributed by atoms with van der Waals surface area (Å²) in [7, 11) is 1.96. The second-order valence-corrected chi connectivity index (χ2v) is 2.71. The van der Waals surface area contributed by atoms with E-state index in [1.807, 2.05) is 24.7 Å². The summed E-state index contributed by atoms with van der Waals surface area (Å²) in [6, 6.07) is 0.204. The summed E-state index contributed by atoms with van der Waals surface area (Å²) in [6.45, 7) is 1.98. The van der Waals surface area contributed by atoms with Gasteiger partial charge in [0, 0.05) is 25.7 Å². The molecule has 0 spiro atoms. The molecule has 3 nitrogen and oxygen atoms in total. The smallest absolute Gasteiger partial charge is 0.0946 e. The van der Waals surface area contributed by atoms with Crippen molar-refractivity contribution < 1.29 is 0 Å². The molecule has 0 aromatic carbocycles. The summed E-state index contributed by atoms with van der Waals surface area (Å²) in [4.78, 5) is 4.14. The molecule has 0 amide bonds. The van der Waals surface area contributed by atoms with E-state index < -0.39 is 0 Å². The Labute approximate surface area is 60.9 Å². The second kappa shape index (κ2) is 2.84. The lowest BCUT2D eigenvalue weighted by molar-refractivity contribution is 0.724. The molecule has 0 bridgehead atoms. The Balaban J connectivity index is 2.58. The van der Waals surface area contributed by atoms with Gasteiger partial charge >= 0.3 is 0 Å². The largest absolute Gasteiger partial charge is 0.340 e. The van der Waals surface area contributed by atoms with E-state index >= 15 is 0 Å². The van der Waals surface area contributed by atoms with E-state index in [1.54, 1.807) is 6.33 Å². The Morgan fingerprint density at radius 3 is 2.90 bits per heavy atom. The fourth-order valence-electron chi connectivity index (χ4n) is 0.902. The van der Waals surface area contributed by atoms with Crippen molar-refractivity contribution in [1.82, 2.24) is 9.55 Å². The summed E-state index contributed by atoms with van der Waals surface area (Å²) in [6.07, 6.45) is 4.64. The third-order valence-corrected chi connectivity index (χ3v) is 1.29. The predicted octanol–water partition coefficient (Wildman–Crippen LogP) is 0.310. The number of hydrogen-bond donors (Lipinski definition) is 1. The molecular formula is C7H13N3. The molecule has 1 aromatic rings. The number of rotatable bonds is 2. The van der Waals surface area contributed by atoms with Crippen molar-refractivity contribution in [3.63, 3.8) is 0 Å². The molecule has 56 valence electrons. The molecule has 0 fully saturated rings. The molecule has 0 radical (unpaired) electrons. The maximum absolute atomic E-state index is 5.58. The molecule has 1 heterocycles. The van der Waals surface area contributed by atoms with Crippen LogP contribution in [0.5, 0.6) is 0 Å². The first kappa shape index (κ1) is 7.28. The Hall–Kier alpha value is -0.830. The van der Waals surface area contributed by atoms with Gasteiger partial charge in [0.25, 0.3) is 0 Å². The molecule has 0 aliphatic heterocycles. The van der Waals surface area contributed by atoms with Crippen LogP contribution >= 0.6 is 0 Å². The average Bonchev–Trinajstić information content (AvgIpc) is 2.13. The van der Waals surface area contributed by atoms with Gasteiger partial charge in [-0.15, -0.1) is 0 Å². The van der Waals surface area contributed by atoms with Gasteiger partial charge in [-0.3, -0.25) is 0 Å². The highest BCUT2D eigenvalue weighted by Crippen LogP contribution is 1.96. The molecule has 0 saturated carbocycles. The predicted molar refractivity (Wildman–Crippen MR) is 40.6 cm³/mol. The number of aromatic nitrogens is 2. The highest BCUT2D eigenvalue weighted by Gasteiger charge is 1.98. The van der Waals surface area contributed by atoms with Crippen LogP contribution in [0, 0.1) is 0 Å². The standard InChI is InChI=1S/C7H13N3/c1-6(8)3-7-4-10(2)5-9-7/h4-6H,3,8H2,1-2H3/t6-/m1/s1. The molecular weight excluding hydrogens is 126 g/mol. The van der Waals surface area contributed by atoms with Crippen LogP contribution in [0.2, 0.25) is 0 Å². The molecule has 1 rings (SSSR count). The van der Waals surface area contributed by atoms with Crippen molar-refractivity contribution in [2.24, 2.45) is 12.8 Å². The van der Waals surface area contributed by atoms with E-state index in [4.69, 9.17) is 5.73 Å². The second-order valence-electron chi connectivity index (χ2n) is 2.71. The SMILES string of the molecule is C[C@@H](N)Cc1cn(C)cn1. The van der Waals surface area contributed by atoms with Crippen molar-refractivity contribution in [3.05, 3.63) is 18.2 Å². The molecule has 10 heavy (non-hydrogen) atoms. The minimum absolute atomic E-state index is 0.204. The highest BCUT2D eigenvalue weighted by molar-refractivity contribution is 4.97. The van der Waals surface area contributed by atoms with Crippen molar-refractivity contribution in [2.45, 2.75) is 19.4 Å². The number of imidazole rings is 1. The molecule has 0 unspecified atom stereocenters. The van der Waals surface area contributed by atoms with Crippen LogP contribution in [-0.2, 0) is 13.5 Å². The third kappa shape index (κ3) is 1.84. The first-order chi connectivity index (χ1) is 4.68. The van der Waals surface area contributed by atoms with E-state index in [9.17, 15) is 0 Å². The fraction of sp³-hybridized carbons (Fsp3) is 0.571. The molecule has 1 atom stereocenters. The minimum Gasteiger partial charge on any atom is -0.340 e. The summed E-state index contributed by atoms with van der Waals surface area (Å²) < 4.78 is 1.93. The van der Waals surface area contributed by atoms with Crippen LogP contribution in [0.4, 0.5) is 0 Å². The maximum Gasteiger partial charge on any atom is 0.0946 e. The monoisotopic (exact) mass is 139 g/mol. The molecule has 0 saturated heterocycles. The van der Waals surface area contributed by atoms with Crippen molar-refractivity contribution >= 4 is 0 Å². The van der Waals surface area contributed by atoms with Crippen LogP contribution in [0.1, 0.15) is 12.6 Å². The van der Waals surface area contributed by atoms with Gasteiger partial charge in [0.1, 0.15) is 0 Å². The van der Waals surface area contributed by atoms with Gasteiger partial charge in [0.05, 0.1) is 12.0 Å². The minimum atomic E-state index is 0.204. The molecule has 1 aromatic heterocycles. The average molecular weight is 139 g/mol. The normalized spacial score (nSPS) is 13.5. The third-order valence-electron chi connectivity index (χ3n) is 1.29. The number of aryl methyl sites for hydroxylation is 1. The van der Waals surface area contributed by atoms with Gasteiger partial charge < -0.3 is 10.3 Å². The zero-order chi connectivity index (χ0) is 7.56. The lowest BCUT2D eigenvalue weighted by atomic mass is 10.2. The number of hydrogen-bond acceptors (Lipinski definition) is 2. The van der Waals surface area contributed by atoms with Crippen LogP contribution in [0.25, 0.3) is 0 Å². The van der Waals surface area contributed by atoms with Gasteiger partial charge in [-0.05, 0) is 6.92 Å². The molecule has 0 aliphatic carbocycles. The van der Waals surface area contributed by atoms with Crippen LogP contribution in [0.3, 0.4) is 0 Å². The van der Waals surface area contributed by atoms with Crippen LogP contribution in [0.15, 0.2) is 12.5 Å². The van der Waals surface area contributed by atoms with E-state index in [1.165, 1.54) is 0 Å². The van der Waals surface area contributed by atoms with Gasteiger partial charge in [-0.1, -0.05) is 0 Å². The topological polar surface area (TPSA) is 43.8 Å². The summed E-state index contributed by atoms with van der Waals surface area (Å²) in [5.41, 5.74) is 6.65. The first-order valence-electron chi connectivity index (χ1n) is 3.41. The van der Waals surface area contributed by atoms with E-state index in [-0.39, 0.29) is 6.04 Å². The summed E-state index contributed by atoms with van der Waals surface area (Å²) in [5, 5.41) is 0. The van der Waals surface area contributed by atoms with Crippen LogP contribution < -0.4 is 5.73 Å². The highest BCUT2D eigenvalue weighted by atomic mass is 15.0. The van der Waals surface area contributed by atoms with Gasteiger partial charge in [-0.25, -0.2) is 4.98 Å². The van der Waals surface area contributed by atoms with Crippen LogP contribution in [-0.4, -0.2) is 15.6 Å². The first-order valence-corrected chi connectivity index (χ1v) is 3.41. The van der Waals surface area contributed by atoms with Gasteiger partial charge in [0.15, 0.2) is 0 Å². The lowest BCUT2D eigenvalue weighted by Gasteiger charge is -1.98. The quantitative estimate of drug-likeness (QED) is 0.640. The van der Waals surface area contributed by atoms with Crippen molar-refractivity contribution in [2.75, 3.05) is 0 Å². The Bertz CT molecular complexity index is 202. The molecule has 2 N–H and O–H groups in total. The molecule has 0 aliphatic rings. The molecule has 3 heteroatoms. The Kier molecular flexibility index (Phi) is 2.06. The van der Waals surface area contributed by atoms with E-state index in [2.05, 4.69) is 4.98 Å². The van der Waals surface area contributed by atoms with E-state index in [0.717, 1.165) is 12.1 Å².